The van der Waals surface area contributed by atoms with Gasteiger partial charge in [-0.05, 0) is 67.3 Å². The molecule has 4 aliphatic carbocycles. The smallest absolute Gasteiger partial charge is 0.159 e. The maximum Gasteiger partial charge on any atom is 0.159 e. The molecule has 4 rings (SSSR count). The zero-order valence-corrected chi connectivity index (χ0v) is 14.0. The first-order chi connectivity index (χ1) is 10.8. The quantitative estimate of drug-likeness (QED) is 0.636. The van der Waals surface area contributed by atoms with Crippen LogP contribution >= 0.6 is 0 Å². The molecule has 4 nitrogen and oxygen atoms in total. The lowest BCUT2D eigenvalue weighted by Crippen LogP contribution is -2.54. The van der Waals surface area contributed by atoms with Gasteiger partial charge in [0, 0.05) is 5.92 Å². The number of aliphatic hydroxyl groups excluding tert-OH is 3. The van der Waals surface area contributed by atoms with E-state index in [1.54, 1.807) is 6.08 Å². The minimum atomic E-state index is -0.715. The van der Waals surface area contributed by atoms with Crippen molar-refractivity contribution >= 4 is 5.78 Å². The third-order valence-electron chi connectivity index (χ3n) is 7.89. The van der Waals surface area contributed by atoms with Crippen LogP contribution in [0.2, 0.25) is 0 Å². The fourth-order valence-corrected chi connectivity index (χ4v) is 6.38. The van der Waals surface area contributed by atoms with Crippen molar-refractivity contribution in [1.29, 1.82) is 0 Å². The van der Waals surface area contributed by atoms with Gasteiger partial charge in [0.25, 0.3) is 0 Å². The summed E-state index contributed by atoms with van der Waals surface area (Å²) in [6.07, 6.45) is 4.75. The summed E-state index contributed by atoms with van der Waals surface area (Å²) in [6, 6.07) is 0. The van der Waals surface area contributed by atoms with E-state index in [1.807, 2.05) is 6.92 Å². The molecule has 0 bridgehead atoms. The highest BCUT2D eigenvalue weighted by molar-refractivity contribution is 5.94. The van der Waals surface area contributed by atoms with Crippen LogP contribution in [-0.4, -0.2) is 39.4 Å². The average Bonchev–Trinajstić information content (AvgIpc) is 2.73. The summed E-state index contributed by atoms with van der Waals surface area (Å²) in [5.41, 5.74) is 0.786. The third-order valence-corrected chi connectivity index (χ3v) is 7.89. The molecule has 8 unspecified atom stereocenters. The van der Waals surface area contributed by atoms with Crippen molar-refractivity contribution in [2.45, 2.75) is 70.7 Å². The Morgan fingerprint density at radius 2 is 1.83 bits per heavy atom. The highest BCUT2D eigenvalue weighted by atomic mass is 16.3. The molecule has 0 amide bonds. The molecule has 23 heavy (non-hydrogen) atoms. The van der Waals surface area contributed by atoms with E-state index < -0.39 is 12.2 Å². The van der Waals surface area contributed by atoms with Gasteiger partial charge in [0.2, 0.25) is 0 Å². The van der Waals surface area contributed by atoms with Crippen molar-refractivity contribution in [3.8, 4) is 0 Å². The number of hydrogen-bond acceptors (Lipinski definition) is 4. The molecule has 0 aromatic carbocycles. The molecule has 0 aromatic heterocycles. The molecule has 8 atom stereocenters. The Morgan fingerprint density at radius 3 is 2.57 bits per heavy atom. The van der Waals surface area contributed by atoms with Gasteiger partial charge in [-0.25, -0.2) is 0 Å². The second-order valence-corrected chi connectivity index (χ2v) is 8.92. The van der Waals surface area contributed by atoms with Crippen molar-refractivity contribution in [1.82, 2.24) is 0 Å². The molecule has 0 heterocycles. The van der Waals surface area contributed by atoms with Crippen molar-refractivity contribution in [2.75, 3.05) is 0 Å². The maximum atomic E-state index is 12.9. The molecule has 4 heteroatoms. The first-order valence-corrected chi connectivity index (χ1v) is 9.06. The molecule has 0 aliphatic heterocycles. The van der Waals surface area contributed by atoms with Crippen molar-refractivity contribution in [3.05, 3.63) is 11.6 Å². The lowest BCUT2D eigenvalue weighted by atomic mass is 9.47. The molecule has 128 valence electrons. The Kier molecular flexibility index (Phi) is 3.37. The van der Waals surface area contributed by atoms with Crippen LogP contribution in [0.25, 0.3) is 0 Å². The van der Waals surface area contributed by atoms with Gasteiger partial charge >= 0.3 is 0 Å². The Morgan fingerprint density at radius 1 is 1.09 bits per heavy atom. The van der Waals surface area contributed by atoms with Crippen LogP contribution in [-0.2, 0) is 4.79 Å². The number of carbonyl (C=O) groups is 1. The number of aliphatic hydroxyl groups is 3. The molecule has 0 aromatic rings. The van der Waals surface area contributed by atoms with Gasteiger partial charge in [-0.3, -0.25) is 4.79 Å². The Labute approximate surface area is 137 Å². The molecule has 0 spiro atoms. The Bertz CT molecular complexity index is 570. The fraction of sp³-hybridized carbons (Fsp3) is 0.842. The molecule has 3 N–H and O–H groups in total. The highest BCUT2D eigenvalue weighted by Crippen LogP contribution is 2.64. The lowest BCUT2D eigenvalue weighted by Gasteiger charge is -2.56. The Hall–Kier alpha value is -0.710. The number of fused-ring (bicyclic) bond motifs is 5. The fourth-order valence-electron chi connectivity index (χ4n) is 6.38. The van der Waals surface area contributed by atoms with Gasteiger partial charge in [-0.1, -0.05) is 19.4 Å². The second kappa shape index (κ2) is 4.90. The molecule has 3 saturated carbocycles. The summed E-state index contributed by atoms with van der Waals surface area (Å²) >= 11 is 0. The average molecular weight is 320 g/mol. The summed E-state index contributed by atoms with van der Waals surface area (Å²) in [5, 5.41) is 30.6. The molecule has 0 saturated heterocycles. The zero-order chi connectivity index (χ0) is 16.6. The first kappa shape index (κ1) is 15.8. The van der Waals surface area contributed by atoms with E-state index in [4.69, 9.17) is 0 Å². The van der Waals surface area contributed by atoms with E-state index in [0.717, 1.165) is 31.3 Å². The predicted octanol–water partition coefficient (Wildman–Crippen LogP) is 1.82. The number of carbonyl (C=O) groups excluding carboxylic acids is 1. The van der Waals surface area contributed by atoms with E-state index in [9.17, 15) is 20.1 Å². The summed E-state index contributed by atoms with van der Waals surface area (Å²) in [6.45, 7) is 4.31. The van der Waals surface area contributed by atoms with Crippen LogP contribution in [0.1, 0.15) is 52.4 Å². The summed E-state index contributed by atoms with van der Waals surface area (Å²) in [7, 11) is 0. The third kappa shape index (κ3) is 1.98. The van der Waals surface area contributed by atoms with Crippen LogP contribution in [0.15, 0.2) is 11.6 Å². The van der Waals surface area contributed by atoms with Crippen LogP contribution < -0.4 is 0 Å². The predicted molar refractivity (Wildman–Crippen MR) is 85.5 cm³/mol. The monoisotopic (exact) mass is 320 g/mol. The van der Waals surface area contributed by atoms with E-state index in [-0.39, 0.29) is 40.5 Å². The van der Waals surface area contributed by atoms with Gasteiger partial charge in [-0.2, -0.15) is 0 Å². The van der Waals surface area contributed by atoms with E-state index >= 15 is 0 Å². The van der Waals surface area contributed by atoms with Gasteiger partial charge < -0.3 is 15.3 Å². The normalized spacial score (nSPS) is 55.7. The number of hydrogen-bond donors (Lipinski definition) is 3. The number of ketones is 1. The second-order valence-electron chi connectivity index (χ2n) is 8.92. The van der Waals surface area contributed by atoms with Crippen LogP contribution in [0.3, 0.4) is 0 Å². The van der Waals surface area contributed by atoms with E-state index in [0.29, 0.717) is 12.8 Å². The zero-order valence-electron chi connectivity index (χ0n) is 14.0. The van der Waals surface area contributed by atoms with Crippen molar-refractivity contribution in [2.24, 2.45) is 28.6 Å². The maximum absolute atomic E-state index is 12.9. The minimum Gasteiger partial charge on any atom is -0.393 e. The number of rotatable bonds is 0. The van der Waals surface area contributed by atoms with E-state index in [1.165, 1.54) is 0 Å². The summed E-state index contributed by atoms with van der Waals surface area (Å²) in [4.78, 5) is 12.9. The van der Waals surface area contributed by atoms with Gasteiger partial charge in [0.15, 0.2) is 5.78 Å². The standard InChI is InChI=1S/C19H28O4/c1-18-5-3-11(20)7-10(18)8-14(21)16-12(18)4-6-19(2)13(16)9-15(22)17(19)23/h8,11-13,15-17,20,22-23H,3-7,9H2,1-2H3. The van der Waals surface area contributed by atoms with Gasteiger partial charge in [0.05, 0.1) is 18.3 Å². The molecular formula is C19H28O4. The topological polar surface area (TPSA) is 77.8 Å². The van der Waals surface area contributed by atoms with Crippen LogP contribution in [0.5, 0.6) is 0 Å². The SMILES string of the molecule is CC12CCC(O)CC1=CC(=O)C1C2CCC2(C)C(O)C(O)CC12. The van der Waals surface area contributed by atoms with Crippen LogP contribution in [0.4, 0.5) is 0 Å². The van der Waals surface area contributed by atoms with Crippen molar-refractivity contribution in [3.63, 3.8) is 0 Å². The largest absolute Gasteiger partial charge is 0.393 e. The lowest BCUT2D eigenvalue weighted by molar-refractivity contribution is -0.136. The van der Waals surface area contributed by atoms with Crippen molar-refractivity contribution < 1.29 is 20.1 Å². The van der Waals surface area contributed by atoms with E-state index in [2.05, 4.69) is 6.92 Å². The molecule has 4 aliphatic rings. The minimum absolute atomic E-state index is 0.00235. The Balaban J connectivity index is 1.75. The summed E-state index contributed by atoms with van der Waals surface area (Å²) in [5.74, 6) is 0.441. The van der Waals surface area contributed by atoms with Gasteiger partial charge in [0.1, 0.15) is 0 Å². The molecule has 3 fully saturated rings. The first-order valence-electron chi connectivity index (χ1n) is 9.06. The summed E-state index contributed by atoms with van der Waals surface area (Å²) < 4.78 is 0. The highest BCUT2D eigenvalue weighted by Gasteiger charge is 2.62. The van der Waals surface area contributed by atoms with Crippen LogP contribution in [0, 0.1) is 28.6 Å². The molecule has 0 radical (unpaired) electrons. The number of allylic oxidation sites excluding steroid dienone is 1. The van der Waals surface area contributed by atoms with Gasteiger partial charge in [-0.15, -0.1) is 0 Å². The molecular weight excluding hydrogens is 292 g/mol.